The maximum absolute atomic E-state index is 14.5. The Labute approximate surface area is 176 Å². The normalized spacial score (nSPS) is 15.4. The van der Waals surface area contributed by atoms with Gasteiger partial charge < -0.3 is 24.5 Å². The molecule has 0 saturated carbocycles. The van der Waals surface area contributed by atoms with Crippen LogP contribution in [0.4, 0.5) is 4.39 Å². The summed E-state index contributed by atoms with van der Waals surface area (Å²) in [4.78, 5) is 35.6. The number of fused-ring (bicyclic) bond motifs is 1. The molecular formula is C17H20BClFNO7S. The lowest BCUT2D eigenvalue weighted by atomic mass is 9.72. The van der Waals surface area contributed by atoms with Gasteiger partial charge in [-0.25, -0.2) is 9.18 Å². The third-order valence-corrected chi connectivity index (χ3v) is 4.79. The summed E-state index contributed by atoms with van der Waals surface area (Å²) in [6, 6.07) is 1.25. The zero-order valence-electron chi connectivity index (χ0n) is 16.0. The van der Waals surface area contributed by atoms with Crippen molar-refractivity contribution in [2.24, 2.45) is 5.92 Å². The van der Waals surface area contributed by atoms with Gasteiger partial charge in [-0.2, -0.15) is 11.8 Å². The molecule has 1 amide bonds. The molecule has 0 fully saturated rings. The number of hydrogen-bond acceptors (Lipinski definition) is 8. The molecule has 0 saturated heterocycles. The van der Waals surface area contributed by atoms with Gasteiger partial charge in [0.1, 0.15) is 11.3 Å². The average molecular weight is 448 g/mol. The van der Waals surface area contributed by atoms with Crippen LogP contribution in [0, 0.1) is 11.7 Å². The number of carbonyl (C=O) groups excluding carboxylic acids is 3. The number of thioether (sulfide) groups is 1. The summed E-state index contributed by atoms with van der Waals surface area (Å²) < 4.78 is 29.4. The molecule has 0 aromatic heterocycles. The Morgan fingerprint density at radius 1 is 1.45 bits per heavy atom. The summed E-state index contributed by atoms with van der Waals surface area (Å²) in [6.07, 6.45) is 1.81. The molecule has 1 aromatic rings. The van der Waals surface area contributed by atoms with Crippen molar-refractivity contribution in [1.29, 1.82) is 0 Å². The van der Waals surface area contributed by atoms with E-state index >= 15 is 0 Å². The summed E-state index contributed by atoms with van der Waals surface area (Å²) in [5.74, 6) is -4.46. The summed E-state index contributed by atoms with van der Waals surface area (Å²) in [5, 5.41) is 12.4. The first kappa shape index (κ1) is 23.3. The maximum atomic E-state index is 14.5. The quantitative estimate of drug-likeness (QED) is 0.368. The highest BCUT2D eigenvalue weighted by molar-refractivity contribution is 7.99. The monoisotopic (exact) mass is 447 g/mol. The summed E-state index contributed by atoms with van der Waals surface area (Å²) >= 11 is 7.19. The van der Waals surface area contributed by atoms with E-state index in [0.29, 0.717) is 5.56 Å². The van der Waals surface area contributed by atoms with Crippen LogP contribution in [-0.2, 0) is 25.5 Å². The number of nitrogens with one attached hydrogen (secondary N) is 1. The number of rotatable bonds is 7. The second kappa shape index (κ2) is 10.2. The Morgan fingerprint density at radius 2 is 2.14 bits per heavy atom. The van der Waals surface area contributed by atoms with Crippen LogP contribution in [0.2, 0.25) is 5.02 Å². The second-order valence-corrected chi connectivity index (χ2v) is 7.80. The van der Waals surface area contributed by atoms with Gasteiger partial charge in [0, 0.05) is 0 Å². The lowest BCUT2D eigenvalue weighted by molar-refractivity contribution is -0.155. The molecule has 1 aliphatic rings. The molecular weight excluding hydrogens is 428 g/mol. The van der Waals surface area contributed by atoms with Crippen molar-refractivity contribution in [2.45, 2.75) is 26.2 Å². The second-order valence-electron chi connectivity index (χ2n) is 6.52. The number of ether oxygens (including phenoxy) is 2. The molecule has 12 heteroatoms. The van der Waals surface area contributed by atoms with Crippen molar-refractivity contribution < 1.29 is 37.9 Å². The zero-order valence-corrected chi connectivity index (χ0v) is 17.6. The fourth-order valence-corrected chi connectivity index (χ4v) is 3.12. The fourth-order valence-electron chi connectivity index (χ4n) is 2.55. The standard InChI is InChI=1S/C17H20BClFNO7S/c1-8(2)16(23)26-7-27-17(24)13-14(20)10(19)4-9-5-11(18(25)28-15(9)13)21-12(22)6-29-3/h4,8,11,25H,5-7H2,1-3H3,(H,21,22). The fraction of sp³-hybridized carbons (Fsp3) is 0.471. The van der Waals surface area contributed by atoms with Crippen LogP contribution in [0.1, 0.15) is 29.8 Å². The third kappa shape index (κ3) is 5.77. The first-order chi connectivity index (χ1) is 13.6. The van der Waals surface area contributed by atoms with Crippen LogP contribution in [0.3, 0.4) is 0 Å². The molecule has 29 heavy (non-hydrogen) atoms. The first-order valence-electron chi connectivity index (χ1n) is 8.63. The molecule has 0 radical (unpaired) electrons. The number of carbonyl (C=O) groups is 3. The highest BCUT2D eigenvalue weighted by atomic mass is 35.5. The summed E-state index contributed by atoms with van der Waals surface area (Å²) in [7, 11) is -1.51. The predicted octanol–water partition coefficient (Wildman–Crippen LogP) is 1.59. The van der Waals surface area contributed by atoms with Gasteiger partial charge in [-0.15, -0.1) is 0 Å². The van der Waals surface area contributed by atoms with Crippen LogP contribution < -0.4 is 9.97 Å². The minimum atomic E-state index is -1.51. The molecule has 1 unspecified atom stereocenters. The molecule has 8 nitrogen and oxygen atoms in total. The Kier molecular flexibility index (Phi) is 8.18. The Hall–Kier alpha value is -1.98. The number of halogens is 2. The van der Waals surface area contributed by atoms with Gasteiger partial charge in [-0.3, -0.25) is 9.59 Å². The van der Waals surface area contributed by atoms with Crippen LogP contribution >= 0.6 is 23.4 Å². The van der Waals surface area contributed by atoms with Crippen molar-refractivity contribution in [1.82, 2.24) is 5.32 Å². The van der Waals surface area contributed by atoms with Gasteiger partial charge >= 0.3 is 19.1 Å². The molecule has 0 spiro atoms. The minimum absolute atomic E-state index is 0.0548. The Balaban J connectivity index is 2.21. The van der Waals surface area contributed by atoms with Gasteiger partial charge in [-0.05, 0) is 24.3 Å². The van der Waals surface area contributed by atoms with E-state index in [9.17, 15) is 23.8 Å². The van der Waals surface area contributed by atoms with Gasteiger partial charge in [-0.1, -0.05) is 25.4 Å². The van der Waals surface area contributed by atoms with Gasteiger partial charge in [0.15, 0.2) is 5.82 Å². The number of esters is 2. The molecule has 0 bridgehead atoms. The summed E-state index contributed by atoms with van der Waals surface area (Å²) in [5.41, 5.74) is -0.316. The number of benzene rings is 1. The van der Waals surface area contributed by atoms with E-state index in [1.165, 1.54) is 17.8 Å². The molecule has 1 aromatic carbocycles. The predicted molar refractivity (Wildman–Crippen MR) is 105 cm³/mol. The van der Waals surface area contributed by atoms with E-state index in [4.69, 9.17) is 25.7 Å². The molecule has 1 heterocycles. The highest BCUT2D eigenvalue weighted by Crippen LogP contribution is 2.36. The molecule has 158 valence electrons. The number of amides is 1. The van der Waals surface area contributed by atoms with Crippen LogP contribution in [0.5, 0.6) is 5.75 Å². The first-order valence-corrected chi connectivity index (χ1v) is 10.4. The van der Waals surface area contributed by atoms with Gasteiger partial charge in [0.25, 0.3) is 0 Å². The Bertz CT molecular complexity index is 810. The van der Waals surface area contributed by atoms with E-state index < -0.39 is 49.1 Å². The molecule has 2 rings (SSSR count). The van der Waals surface area contributed by atoms with E-state index in [-0.39, 0.29) is 28.9 Å². The molecule has 0 aliphatic carbocycles. The van der Waals surface area contributed by atoms with Crippen LogP contribution in [0.15, 0.2) is 6.07 Å². The number of hydrogen-bond donors (Lipinski definition) is 2. The average Bonchev–Trinajstić information content (AvgIpc) is 2.64. The van der Waals surface area contributed by atoms with Crippen molar-refractivity contribution in [3.63, 3.8) is 0 Å². The molecule has 2 N–H and O–H groups in total. The SMILES string of the molecule is CSCC(=O)NC1Cc2cc(Cl)c(F)c(C(=O)OCOC(=O)C(C)C)c2OB1O. The third-order valence-electron chi connectivity index (χ3n) is 3.96. The van der Waals surface area contributed by atoms with Gasteiger partial charge in [0.05, 0.1) is 22.6 Å². The lowest BCUT2D eigenvalue weighted by Gasteiger charge is -2.29. The van der Waals surface area contributed by atoms with E-state index in [1.807, 2.05) is 0 Å². The summed E-state index contributed by atoms with van der Waals surface area (Å²) in [6.45, 7) is 2.48. The maximum Gasteiger partial charge on any atom is 0.547 e. The topological polar surface area (TPSA) is 111 Å². The molecule has 1 atom stereocenters. The molecule has 1 aliphatic heterocycles. The highest BCUT2D eigenvalue weighted by Gasteiger charge is 2.39. The van der Waals surface area contributed by atoms with Gasteiger partial charge in [0.2, 0.25) is 12.7 Å². The van der Waals surface area contributed by atoms with Crippen molar-refractivity contribution in [3.8, 4) is 5.75 Å². The van der Waals surface area contributed by atoms with Crippen molar-refractivity contribution in [3.05, 3.63) is 28.0 Å². The van der Waals surface area contributed by atoms with Crippen molar-refractivity contribution >= 4 is 48.3 Å². The van der Waals surface area contributed by atoms with E-state index in [1.54, 1.807) is 20.1 Å². The van der Waals surface area contributed by atoms with Crippen LogP contribution in [-0.4, -0.2) is 54.7 Å². The smallest absolute Gasteiger partial charge is 0.534 e. The minimum Gasteiger partial charge on any atom is -0.534 e. The van der Waals surface area contributed by atoms with E-state index in [2.05, 4.69) is 5.32 Å². The van der Waals surface area contributed by atoms with E-state index in [0.717, 1.165) is 0 Å². The van der Waals surface area contributed by atoms with Crippen LogP contribution in [0.25, 0.3) is 0 Å². The lowest BCUT2D eigenvalue weighted by Crippen LogP contribution is -2.53. The largest absolute Gasteiger partial charge is 0.547 e. The Morgan fingerprint density at radius 3 is 2.76 bits per heavy atom. The zero-order chi connectivity index (χ0) is 21.7. The van der Waals surface area contributed by atoms with Crippen molar-refractivity contribution in [2.75, 3.05) is 18.8 Å².